The molecule has 7 nitrogen and oxygen atoms in total. The van der Waals surface area contributed by atoms with Crippen molar-refractivity contribution in [3.63, 3.8) is 0 Å². The summed E-state index contributed by atoms with van der Waals surface area (Å²) in [5, 5.41) is 27.5. The minimum atomic E-state index is -4.85. The molecule has 2 saturated heterocycles. The molecule has 3 aliphatic rings. The Morgan fingerprint density at radius 2 is 1.93 bits per heavy atom. The molecule has 3 fully saturated rings. The normalized spacial score (nSPS) is 30.6. The van der Waals surface area contributed by atoms with Crippen molar-refractivity contribution >= 4 is 29.2 Å². The number of hydrogen-bond donors (Lipinski definition) is 2. The van der Waals surface area contributed by atoms with Gasteiger partial charge < -0.3 is 20.0 Å². The molecule has 0 amide bonds. The molecule has 2 aliphatic heterocycles. The molecule has 3 heterocycles. The molecule has 29 heavy (non-hydrogen) atoms. The first kappa shape index (κ1) is 20.0. The Kier molecular flexibility index (Phi) is 4.59. The topological polar surface area (TPSA) is 101 Å². The fraction of sp³-hybridized carbons (Fsp3) is 0.611. The van der Waals surface area contributed by atoms with Crippen molar-refractivity contribution in [2.24, 2.45) is 17.8 Å². The Hall–Kier alpha value is -2.25. The lowest BCUT2D eigenvalue weighted by molar-refractivity contribution is -0.138. The fourth-order valence-corrected chi connectivity index (χ4v) is 4.89. The van der Waals surface area contributed by atoms with Gasteiger partial charge in [-0.1, -0.05) is 11.6 Å². The second kappa shape index (κ2) is 6.64. The molecule has 0 unspecified atom stereocenters. The fourth-order valence-electron chi connectivity index (χ4n) is 4.52. The molecule has 156 valence electrons. The molecule has 0 spiro atoms. The van der Waals surface area contributed by atoms with Crippen LogP contribution in [0.5, 0.6) is 0 Å². The van der Waals surface area contributed by atoms with Crippen LogP contribution in [0.1, 0.15) is 24.5 Å². The predicted molar refractivity (Wildman–Crippen MR) is 96.7 cm³/mol. The summed E-state index contributed by atoms with van der Waals surface area (Å²) in [5.41, 5.74) is -1.88. The number of piperidine rings is 1. The van der Waals surface area contributed by atoms with E-state index >= 15 is 0 Å². The van der Waals surface area contributed by atoms with Gasteiger partial charge in [-0.15, -0.1) is 0 Å². The average Bonchev–Trinajstić information content (AvgIpc) is 3.06. The number of halogens is 4. The number of carbonyl (C=O) groups is 1. The maximum atomic E-state index is 13.8. The predicted octanol–water partition coefficient (Wildman–Crippen LogP) is 2.35. The van der Waals surface area contributed by atoms with E-state index in [1.807, 2.05) is 0 Å². The lowest BCUT2D eigenvalue weighted by atomic mass is 9.99. The number of anilines is 2. The Balaban J connectivity index is 1.72. The lowest BCUT2D eigenvalue weighted by Crippen LogP contribution is -2.59. The van der Waals surface area contributed by atoms with Gasteiger partial charge in [-0.05, 0) is 24.7 Å². The van der Waals surface area contributed by atoms with Crippen LogP contribution in [0.4, 0.5) is 24.8 Å². The van der Waals surface area contributed by atoms with Gasteiger partial charge in [-0.2, -0.15) is 18.4 Å². The third-order valence-corrected chi connectivity index (χ3v) is 6.64. The van der Waals surface area contributed by atoms with E-state index in [0.717, 1.165) is 0 Å². The van der Waals surface area contributed by atoms with Crippen LogP contribution in [0, 0.1) is 29.1 Å². The Labute approximate surface area is 169 Å². The van der Waals surface area contributed by atoms with E-state index in [0.29, 0.717) is 13.1 Å². The first-order valence-electron chi connectivity index (χ1n) is 9.16. The van der Waals surface area contributed by atoms with Gasteiger partial charge in [0.1, 0.15) is 17.5 Å². The molecule has 0 aromatic carbocycles. The molecule has 4 rings (SSSR count). The summed E-state index contributed by atoms with van der Waals surface area (Å²) < 4.78 is 41.3. The zero-order valence-electron chi connectivity index (χ0n) is 15.3. The zero-order chi connectivity index (χ0) is 21.2. The SMILES string of the molecule is C[C@H]1[C@H](O)CN1c1nc(N2C[C@@H]3[C@@H](CC(=O)O)[C@@H]3C2)c(Cl)c(C(F)(F)F)c1C#N. The summed E-state index contributed by atoms with van der Waals surface area (Å²) in [4.78, 5) is 18.3. The number of aliphatic carboxylic acids is 1. The average molecular weight is 431 g/mol. The second-order valence-electron chi connectivity index (χ2n) is 7.89. The number of aliphatic hydroxyl groups excluding tert-OH is 1. The van der Waals surface area contributed by atoms with E-state index in [1.54, 1.807) is 17.9 Å². The Bertz CT molecular complexity index is 907. The molecule has 1 aliphatic carbocycles. The minimum Gasteiger partial charge on any atom is -0.481 e. The maximum absolute atomic E-state index is 13.8. The largest absolute Gasteiger partial charge is 0.481 e. The molecule has 2 N–H and O–H groups in total. The van der Waals surface area contributed by atoms with Crippen LogP contribution in [0.2, 0.25) is 5.02 Å². The van der Waals surface area contributed by atoms with E-state index < -0.39 is 40.4 Å². The maximum Gasteiger partial charge on any atom is 0.419 e. The van der Waals surface area contributed by atoms with Crippen LogP contribution in [0.3, 0.4) is 0 Å². The third-order valence-electron chi connectivity index (χ3n) is 6.28. The van der Waals surface area contributed by atoms with Crippen LogP contribution >= 0.6 is 11.6 Å². The van der Waals surface area contributed by atoms with E-state index in [9.17, 15) is 28.3 Å². The molecule has 0 bridgehead atoms. The van der Waals surface area contributed by atoms with E-state index in [-0.39, 0.29) is 42.4 Å². The number of β-amino-alcohol motifs (C(OH)–C–C–N with tert-alkyl or cyclic N) is 1. The smallest absolute Gasteiger partial charge is 0.419 e. The Morgan fingerprint density at radius 3 is 2.38 bits per heavy atom. The monoisotopic (exact) mass is 430 g/mol. The highest BCUT2D eigenvalue weighted by Crippen LogP contribution is 2.55. The summed E-state index contributed by atoms with van der Waals surface area (Å²) in [6.07, 6.45) is -5.52. The van der Waals surface area contributed by atoms with Crippen molar-refractivity contribution in [1.82, 2.24) is 4.98 Å². The summed E-state index contributed by atoms with van der Waals surface area (Å²) in [6, 6.07) is 1.11. The number of alkyl halides is 3. The van der Waals surface area contributed by atoms with Gasteiger partial charge in [-0.3, -0.25) is 4.79 Å². The number of nitriles is 1. The number of hydrogen-bond acceptors (Lipinski definition) is 6. The van der Waals surface area contributed by atoms with Crippen LogP contribution in [-0.4, -0.2) is 52.9 Å². The highest BCUT2D eigenvalue weighted by molar-refractivity contribution is 6.34. The van der Waals surface area contributed by atoms with Gasteiger partial charge in [0.15, 0.2) is 5.82 Å². The number of aliphatic hydroxyl groups is 1. The lowest BCUT2D eigenvalue weighted by Gasteiger charge is -2.45. The number of nitrogens with zero attached hydrogens (tertiary/aromatic N) is 4. The Morgan fingerprint density at radius 1 is 1.31 bits per heavy atom. The molecule has 5 atom stereocenters. The van der Waals surface area contributed by atoms with Crippen molar-refractivity contribution in [1.29, 1.82) is 5.26 Å². The number of fused-ring (bicyclic) bond motifs is 1. The molecular weight excluding hydrogens is 413 g/mol. The molecule has 11 heteroatoms. The second-order valence-corrected chi connectivity index (χ2v) is 8.27. The third kappa shape index (κ3) is 3.16. The first-order chi connectivity index (χ1) is 13.5. The highest BCUT2D eigenvalue weighted by Gasteiger charge is 2.57. The van der Waals surface area contributed by atoms with Gasteiger partial charge in [0.25, 0.3) is 0 Å². The van der Waals surface area contributed by atoms with E-state index in [1.165, 1.54) is 4.90 Å². The molecule has 1 aromatic heterocycles. The van der Waals surface area contributed by atoms with E-state index in [4.69, 9.17) is 16.7 Å². The van der Waals surface area contributed by atoms with Gasteiger partial charge in [0.05, 0.1) is 22.7 Å². The quantitative estimate of drug-likeness (QED) is 0.756. The highest BCUT2D eigenvalue weighted by atomic mass is 35.5. The van der Waals surface area contributed by atoms with Gasteiger partial charge >= 0.3 is 12.1 Å². The molecule has 1 aromatic rings. The van der Waals surface area contributed by atoms with Crippen molar-refractivity contribution in [3.05, 3.63) is 16.1 Å². The van der Waals surface area contributed by atoms with Crippen molar-refractivity contribution in [3.8, 4) is 6.07 Å². The van der Waals surface area contributed by atoms with Crippen molar-refractivity contribution in [2.45, 2.75) is 31.7 Å². The zero-order valence-corrected chi connectivity index (χ0v) is 16.1. The first-order valence-corrected chi connectivity index (χ1v) is 9.54. The van der Waals surface area contributed by atoms with Gasteiger partial charge in [0.2, 0.25) is 0 Å². The van der Waals surface area contributed by atoms with Crippen molar-refractivity contribution in [2.75, 3.05) is 29.4 Å². The summed E-state index contributed by atoms with van der Waals surface area (Å²) in [7, 11) is 0. The molecule has 0 radical (unpaired) electrons. The minimum absolute atomic E-state index is 0.0213. The molecular formula is C18H18ClF3N4O3. The number of carboxylic acid groups (broad SMARTS) is 1. The van der Waals surface area contributed by atoms with Crippen LogP contribution in [-0.2, 0) is 11.0 Å². The standard InChI is InChI=1S/C18H18ClF3N4O3/c1-7-12(27)6-26(7)16-9(3-23)14(18(20,21)22)15(19)17(24-16)25-4-10-8(2-13(28)29)11(10)5-25/h7-8,10-12,27H,2,4-6H2,1H3,(H,28,29)/t7-,8-,10-,11+,12+/m0/s1. The van der Waals surface area contributed by atoms with Crippen molar-refractivity contribution < 1.29 is 28.2 Å². The summed E-state index contributed by atoms with van der Waals surface area (Å²) in [5.74, 6) is -0.891. The van der Waals surface area contributed by atoms with Gasteiger partial charge in [-0.25, -0.2) is 4.98 Å². The number of rotatable bonds is 4. The van der Waals surface area contributed by atoms with Crippen LogP contribution in [0.25, 0.3) is 0 Å². The van der Waals surface area contributed by atoms with E-state index in [2.05, 4.69) is 4.98 Å². The number of carboxylic acids is 1. The summed E-state index contributed by atoms with van der Waals surface area (Å²) >= 11 is 6.11. The number of aromatic nitrogens is 1. The summed E-state index contributed by atoms with van der Waals surface area (Å²) in [6.45, 7) is 2.46. The molecule has 1 saturated carbocycles. The van der Waals surface area contributed by atoms with Gasteiger partial charge in [0, 0.05) is 26.1 Å². The van der Waals surface area contributed by atoms with Crippen LogP contribution < -0.4 is 9.80 Å². The number of pyridine rings is 1. The van der Waals surface area contributed by atoms with Crippen LogP contribution in [0.15, 0.2) is 0 Å².